The normalized spacial score (nSPS) is 11.1. The minimum atomic E-state index is -1.02. The monoisotopic (exact) mass is 272 g/mol. The summed E-state index contributed by atoms with van der Waals surface area (Å²) in [7, 11) is 1.85. The summed E-state index contributed by atoms with van der Waals surface area (Å²) in [5.74, 6) is -0.278. The van der Waals surface area contributed by atoms with Crippen LogP contribution in [0.4, 0.5) is 0 Å². The van der Waals surface area contributed by atoms with Gasteiger partial charge in [-0.3, -0.25) is 4.57 Å². The summed E-state index contributed by atoms with van der Waals surface area (Å²) in [6.45, 7) is 0.328. The number of imidazole rings is 2. The van der Waals surface area contributed by atoms with Gasteiger partial charge in [0, 0.05) is 19.4 Å². The molecule has 0 spiro atoms. The van der Waals surface area contributed by atoms with Gasteiger partial charge in [-0.25, -0.2) is 14.6 Å². The fourth-order valence-corrected chi connectivity index (χ4v) is 2.14. The molecule has 0 aliphatic heterocycles. The molecule has 0 bridgehead atoms. The standard InChI is InChI=1S/C13H12N4O3/c1-16-5-4-14-11(16)7-17-10-3-2-8(12(18)19)6-9(10)15-13(17)20/h2-6H,7H2,1H3,(H,15,20)(H,18,19). The third-order valence-corrected chi connectivity index (χ3v) is 3.24. The molecule has 3 aromatic rings. The summed E-state index contributed by atoms with van der Waals surface area (Å²) >= 11 is 0. The van der Waals surface area contributed by atoms with Crippen LogP contribution in [-0.2, 0) is 13.6 Å². The molecule has 1 aromatic carbocycles. The van der Waals surface area contributed by atoms with Crippen LogP contribution in [0.5, 0.6) is 0 Å². The maximum atomic E-state index is 12.0. The Morgan fingerprint density at radius 1 is 1.45 bits per heavy atom. The molecule has 0 unspecified atom stereocenters. The van der Waals surface area contributed by atoms with E-state index in [0.717, 1.165) is 5.82 Å². The number of H-pyrrole nitrogens is 1. The summed E-state index contributed by atoms with van der Waals surface area (Å²) < 4.78 is 3.36. The van der Waals surface area contributed by atoms with E-state index in [2.05, 4.69) is 9.97 Å². The molecule has 0 aliphatic rings. The first-order chi connectivity index (χ1) is 9.56. The fraction of sp³-hybridized carbons (Fsp3) is 0.154. The second-order valence-electron chi connectivity index (χ2n) is 4.51. The lowest BCUT2D eigenvalue weighted by atomic mass is 10.2. The predicted molar refractivity (Wildman–Crippen MR) is 71.8 cm³/mol. The van der Waals surface area contributed by atoms with Crippen LogP contribution in [0, 0.1) is 0 Å². The van der Waals surface area contributed by atoms with Crippen molar-refractivity contribution in [2.24, 2.45) is 7.05 Å². The number of hydrogen-bond acceptors (Lipinski definition) is 3. The molecule has 2 heterocycles. The molecule has 2 aromatic heterocycles. The number of aromatic amines is 1. The van der Waals surface area contributed by atoms with Crippen molar-refractivity contribution in [1.29, 1.82) is 0 Å². The smallest absolute Gasteiger partial charge is 0.335 e. The Balaban J connectivity index is 2.12. The quantitative estimate of drug-likeness (QED) is 0.738. The number of aryl methyl sites for hydroxylation is 1. The number of nitrogens with one attached hydrogen (secondary N) is 1. The molecule has 7 nitrogen and oxygen atoms in total. The zero-order valence-corrected chi connectivity index (χ0v) is 10.7. The number of carboxylic acids is 1. The molecule has 0 atom stereocenters. The van der Waals surface area contributed by atoms with E-state index in [9.17, 15) is 9.59 Å². The molecule has 0 saturated carbocycles. The van der Waals surface area contributed by atoms with Gasteiger partial charge in [0.25, 0.3) is 0 Å². The van der Waals surface area contributed by atoms with E-state index in [4.69, 9.17) is 5.11 Å². The number of benzene rings is 1. The third kappa shape index (κ3) is 1.89. The van der Waals surface area contributed by atoms with Gasteiger partial charge < -0.3 is 14.7 Å². The van der Waals surface area contributed by atoms with Crippen LogP contribution >= 0.6 is 0 Å². The first-order valence-electron chi connectivity index (χ1n) is 5.98. The number of fused-ring (bicyclic) bond motifs is 1. The molecule has 0 amide bonds. The van der Waals surface area contributed by atoms with E-state index in [1.165, 1.54) is 16.7 Å². The van der Waals surface area contributed by atoms with Gasteiger partial charge in [0.2, 0.25) is 0 Å². The number of carboxylic acid groups (broad SMARTS) is 1. The average molecular weight is 272 g/mol. The van der Waals surface area contributed by atoms with Crippen molar-refractivity contribution in [1.82, 2.24) is 19.1 Å². The summed E-state index contributed by atoms with van der Waals surface area (Å²) in [5, 5.41) is 8.95. The number of rotatable bonds is 3. The Morgan fingerprint density at radius 2 is 2.25 bits per heavy atom. The van der Waals surface area contributed by atoms with Gasteiger partial charge in [0.1, 0.15) is 5.82 Å². The molecule has 2 N–H and O–H groups in total. The average Bonchev–Trinajstić information content (AvgIpc) is 2.94. The van der Waals surface area contributed by atoms with Crippen molar-refractivity contribution < 1.29 is 9.90 Å². The van der Waals surface area contributed by atoms with Crippen LogP contribution < -0.4 is 5.69 Å². The van der Waals surface area contributed by atoms with Crippen LogP contribution in [-0.4, -0.2) is 30.2 Å². The highest BCUT2D eigenvalue weighted by atomic mass is 16.4. The van der Waals surface area contributed by atoms with Crippen molar-refractivity contribution in [3.05, 3.63) is 52.5 Å². The Morgan fingerprint density at radius 3 is 2.90 bits per heavy atom. The molecule has 20 heavy (non-hydrogen) atoms. The minimum Gasteiger partial charge on any atom is -0.478 e. The molecule has 7 heteroatoms. The number of hydrogen-bond donors (Lipinski definition) is 2. The first-order valence-corrected chi connectivity index (χ1v) is 5.98. The highest BCUT2D eigenvalue weighted by molar-refractivity contribution is 5.92. The second kappa shape index (κ2) is 4.37. The molecule has 102 valence electrons. The van der Waals surface area contributed by atoms with Crippen molar-refractivity contribution >= 4 is 17.0 Å². The SMILES string of the molecule is Cn1ccnc1Cn1c(=O)[nH]c2cc(C(=O)O)ccc21. The highest BCUT2D eigenvalue weighted by Crippen LogP contribution is 2.14. The van der Waals surface area contributed by atoms with E-state index >= 15 is 0 Å². The molecule has 0 radical (unpaired) electrons. The van der Waals surface area contributed by atoms with Crippen LogP contribution in [0.3, 0.4) is 0 Å². The van der Waals surface area contributed by atoms with Crippen LogP contribution in [0.25, 0.3) is 11.0 Å². The molecule has 0 fully saturated rings. The lowest BCUT2D eigenvalue weighted by Gasteiger charge is -2.04. The van der Waals surface area contributed by atoms with E-state index in [0.29, 0.717) is 17.6 Å². The Bertz CT molecular complexity index is 856. The van der Waals surface area contributed by atoms with Gasteiger partial charge in [-0.05, 0) is 18.2 Å². The van der Waals surface area contributed by atoms with Crippen molar-refractivity contribution in [2.45, 2.75) is 6.54 Å². The van der Waals surface area contributed by atoms with Crippen molar-refractivity contribution in [2.75, 3.05) is 0 Å². The van der Waals surface area contributed by atoms with Gasteiger partial charge in [0.05, 0.1) is 23.1 Å². The van der Waals surface area contributed by atoms with E-state index in [-0.39, 0.29) is 11.3 Å². The zero-order chi connectivity index (χ0) is 14.3. The number of aromatic carboxylic acids is 1. The number of aromatic nitrogens is 4. The summed E-state index contributed by atoms with van der Waals surface area (Å²) in [5.41, 5.74) is 1.01. The Kier molecular flexibility index (Phi) is 2.67. The number of carbonyl (C=O) groups is 1. The van der Waals surface area contributed by atoms with E-state index < -0.39 is 5.97 Å². The highest BCUT2D eigenvalue weighted by Gasteiger charge is 2.11. The lowest BCUT2D eigenvalue weighted by molar-refractivity contribution is 0.0697. The third-order valence-electron chi connectivity index (χ3n) is 3.24. The summed E-state index contributed by atoms with van der Waals surface area (Å²) in [6.07, 6.45) is 3.47. The van der Waals surface area contributed by atoms with Crippen molar-refractivity contribution in [3.8, 4) is 0 Å². The molecular formula is C13H12N4O3. The number of nitrogens with zero attached hydrogens (tertiary/aromatic N) is 3. The van der Waals surface area contributed by atoms with E-state index in [1.54, 1.807) is 18.5 Å². The summed E-state index contributed by atoms with van der Waals surface area (Å²) in [6, 6.07) is 4.56. The zero-order valence-electron chi connectivity index (χ0n) is 10.7. The van der Waals surface area contributed by atoms with Gasteiger partial charge in [-0.15, -0.1) is 0 Å². The Labute approximate surface area is 113 Å². The molecule has 0 aliphatic carbocycles. The molecular weight excluding hydrogens is 260 g/mol. The minimum absolute atomic E-state index is 0.142. The fourth-order valence-electron chi connectivity index (χ4n) is 2.14. The van der Waals surface area contributed by atoms with Crippen LogP contribution in [0.15, 0.2) is 35.4 Å². The first kappa shape index (κ1) is 12.2. The molecule has 0 saturated heterocycles. The topological polar surface area (TPSA) is 92.9 Å². The lowest BCUT2D eigenvalue weighted by Crippen LogP contribution is -2.19. The largest absolute Gasteiger partial charge is 0.478 e. The molecule has 3 rings (SSSR count). The maximum absolute atomic E-state index is 12.0. The second-order valence-corrected chi connectivity index (χ2v) is 4.51. The van der Waals surface area contributed by atoms with Gasteiger partial charge in [0.15, 0.2) is 0 Å². The van der Waals surface area contributed by atoms with Gasteiger partial charge in [-0.1, -0.05) is 0 Å². The predicted octanol–water partition coefficient (Wildman–Crippen LogP) is 0.810. The van der Waals surface area contributed by atoms with Gasteiger partial charge in [-0.2, -0.15) is 0 Å². The van der Waals surface area contributed by atoms with Gasteiger partial charge >= 0.3 is 11.7 Å². The Hall–Kier alpha value is -2.83. The van der Waals surface area contributed by atoms with Crippen molar-refractivity contribution in [3.63, 3.8) is 0 Å². The maximum Gasteiger partial charge on any atom is 0.335 e. The summed E-state index contributed by atoms with van der Waals surface area (Å²) in [4.78, 5) is 29.7. The van der Waals surface area contributed by atoms with Crippen LogP contribution in [0.1, 0.15) is 16.2 Å². The van der Waals surface area contributed by atoms with E-state index in [1.807, 2.05) is 11.6 Å². The van der Waals surface area contributed by atoms with Crippen LogP contribution in [0.2, 0.25) is 0 Å².